The first-order valence-electron chi connectivity index (χ1n) is 8.34. The maximum atomic E-state index is 12.6. The third kappa shape index (κ3) is 6.68. The van der Waals surface area contributed by atoms with Crippen molar-refractivity contribution in [3.63, 3.8) is 0 Å². The molecule has 134 valence electrons. The summed E-state index contributed by atoms with van der Waals surface area (Å²) in [6.45, 7) is 2.41. The van der Waals surface area contributed by atoms with Crippen molar-refractivity contribution in [2.24, 2.45) is 0 Å². The van der Waals surface area contributed by atoms with Crippen LogP contribution in [0.5, 0.6) is 0 Å². The van der Waals surface area contributed by atoms with E-state index < -0.39 is 0 Å². The van der Waals surface area contributed by atoms with Crippen molar-refractivity contribution in [2.45, 2.75) is 13.0 Å². The van der Waals surface area contributed by atoms with Gasteiger partial charge in [0.25, 0.3) is 5.91 Å². The normalized spacial score (nSPS) is 10.7. The molecule has 1 aromatic carbocycles. The zero-order valence-corrected chi connectivity index (χ0v) is 15.6. The molecule has 2 amide bonds. The maximum absolute atomic E-state index is 12.6. The highest BCUT2D eigenvalue weighted by atomic mass is 32.1. The predicted molar refractivity (Wildman–Crippen MR) is 102 cm³/mol. The fourth-order valence-corrected chi connectivity index (χ4v) is 2.99. The third-order valence-electron chi connectivity index (χ3n) is 3.76. The second-order valence-corrected chi connectivity index (χ2v) is 7.04. The van der Waals surface area contributed by atoms with Gasteiger partial charge in [0.05, 0.1) is 4.88 Å². The van der Waals surface area contributed by atoms with Crippen molar-refractivity contribution in [1.29, 1.82) is 0 Å². The van der Waals surface area contributed by atoms with Crippen molar-refractivity contribution in [3.05, 3.63) is 58.3 Å². The summed E-state index contributed by atoms with van der Waals surface area (Å²) in [5.74, 6) is -0.0668. The summed E-state index contributed by atoms with van der Waals surface area (Å²) in [4.78, 5) is 29.1. The molecule has 0 atom stereocenters. The van der Waals surface area contributed by atoms with Gasteiger partial charge in [0.2, 0.25) is 5.91 Å². The molecule has 2 aromatic rings. The molecule has 0 fully saturated rings. The number of carbonyl (C=O) groups is 2. The summed E-state index contributed by atoms with van der Waals surface area (Å²) in [6.07, 6.45) is 0.303. The van der Waals surface area contributed by atoms with Crippen LogP contribution in [0.25, 0.3) is 0 Å². The topological polar surface area (TPSA) is 52.6 Å². The Labute approximate surface area is 153 Å². The van der Waals surface area contributed by atoms with E-state index in [2.05, 4.69) is 10.2 Å². The Hall–Kier alpha value is -2.18. The quantitative estimate of drug-likeness (QED) is 0.748. The molecule has 0 aliphatic rings. The summed E-state index contributed by atoms with van der Waals surface area (Å²) >= 11 is 1.40. The summed E-state index contributed by atoms with van der Waals surface area (Å²) < 4.78 is 0. The Balaban J connectivity index is 1.86. The molecule has 0 aliphatic carbocycles. The van der Waals surface area contributed by atoms with Gasteiger partial charge >= 0.3 is 0 Å². The summed E-state index contributed by atoms with van der Waals surface area (Å²) in [6, 6.07) is 13.6. The molecule has 0 saturated heterocycles. The highest BCUT2D eigenvalue weighted by Crippen LogP contribution is 2.08. The molecule has 0 bridgehead atoms. The number of likely N-dealkylation sites (N-methyl/N-ethyl adjacent to an activating group) is 1. The number of hydrogen-bond donors (Lipinski definition) is 1. The highest BCUT2D eigenvalue weighted by molar-refractivity contribution is 7.12. The van der Waals surface area contributed by atoms with Crippen molar-refractivity contribution in [3.8, 4) is 0 Å². The Morgan fingerprint density at radius 1 is 1.04 bits per heavy atom. The predicted octanol–water partition coefficient (Wildman–Crippen LogP) is 2.46. The molecule has 0 unspecified atom stereocenters. The van der Waals surface area contributed by atoms with Crippen LogP contribution in [-0.4, -0.2) is 55.3 Å². The standard InChI is InChI=1S/C19H25N3O2S/c1-21(2)12-13-22(15-16-7-4-3-5-8-16)18(23)10-11-20-19(24)17-9-6-14-25-17/h3-9,14H,10-13,15H2,1-2H3,(H,20,24). The number of carbonyl (C=O) groups excluding carboxylic acids is 2. The van der Waals surface area contributed by atoms with Crippen molar-refractivity contribution in [1.82, 2.24) is 15.1 Å². The highest BCUT2D eigenvalue weighted by Gasteiger charge is 2.15. The average molecular weight is 359 g/mol. The van der Waals surface area contributed by atoms with E-state index in [1.54, 1.807) is 6.07 Å². The van der Waals surface area contributed by atoms with Gasteiger partial charge in [-0.1, -0.05) is 36.4 Å². The van der Waals surface area contributed by atoms with Crippen LogP contribution >= 0.6 is 11.3 Å². The molecule has 5 nitrogen and oxygen atoms in total. The van der Waals surface area contributed by atoms with E-state index in [0.717, 1.165) is 12.1 Å². The number of benzene rings is 1. The van der Waals surface area contributed by atoms with E-state index in [9.17, 15) is 9.59 Å². The fraction of sp³-hybridized carbons (Fsp3) is 0.368. The Morgan fingerprint density at radius 3 is 2.44 bits per heavy atom. The molecular formula is C19H25N3O2S. The number of nitrogens with zero attached hydrogens (tertiary/aromatic N) is 2. The van der Waals surface area contributed by atoms with E-state index in [0.29, 0.717) is 30.9 Å². The number of thiophene rings is 1. The second kappa shape index (κ2) is 9.96. The lowest BCUT2D eigenvalue weighted by Gasteiger charge is -2.24. The molecule has 0 spiro atoms. The van der Waals surface area contributed by atoms with Crippen molar-refractivity contribution >= 4 is 23.2 Å². The third-order valence-corrected chi connectivity index (χ3v) is 4.62. The van der Waals surface area contributed by atoms with Crippen LogP contribution < -0.4 is 5.32 Å². The molecule has 1 aromatic heterocycles. The molecule has 1 N–H and O–H groups in total. The van der Waals surface area contributed by atoms with Gasteiger partial charge in [-0.3, -0.25) is 9.59 Å². The summed E-state index contributed by atoms with van der Waals surface area (Å²) in [5.41, 5.74) is 1.11. The lowest BCUT2D eigenvalue weighted by atomic mass is 10.2. The minimum absolute atomic E-state index is 0.0529. The van der Waals surface area contributed by atoms with Crippen LogP contribution in [-0.2, 0) is 11.3 Å². The maximum Gasteiger partial charge on any atom is 0.261 e. The molecule has 25 heavy (non-hydrogen) atoms. The van der Waals surface area contributed by atoms with E-state index in [1.165, 1.54) is 11.3 Å². The smallest absolute Gasteiger partial charge is 0.261 e. The summed E-state index contributed by atoms with van der Waals surface area (Å²) in [5, 5.41) is 4.68. The van der Waals surface area contributed by atoms with Gasteiger partial charge in [0, 0.05) is 32.6 Å². The summed E-state index contributed by atoms with van der Waals surface area (Å²) in [7, 11) is 3.98. The first kappa shape index (κ1) is 19.1. The second-order valence-electron chi connectivity index (χ2n) is 6.09. The lowest BCUT2D eigenvalue weighted by molar-refractivity contribution is -0.131. The lowest BCUT2D eigenvalue weighted by Crippen LogP contribution is -2.38. The van der Waals surface area contributed by atoms with Gasteiger partial charge in [-0.25, -0.2) is 0 Å². The first-order chi connectivity index (χ1) is 12.1. The Bertz CT molecular complexity index is 657. The van der Waals surface area contributed by atoms with Gasteiger partial charge < -0.3 is 15.1 Å². The zero-order chi connectivity index (χ0) is 18.1. The number of nitrogens with one attached hydrogen (secondary N) is 1. The van der Waals surface area contributed by atoms with Crippen LogP contribution in [0.4, 0.5) is 0 Å². The largest absolute Gasteiger partial charge is 0.351 e. The molecule has 1 heterocycles. The average Bonchev–Trinajstić information content (AvgIpc) is 3.13. The fourth-order valence-electron chi connectivity index (χ4n) is 2.35. The van der Waals surface area contributed by atoms with Gasteiger partial charge in [-0.2, -0.15) is 0 Å². The number of hydrogen-bond acceptors (Lipinski definition) is 4. The van der Waals surface area contributed by atoms with Crippen LogP contribution in [0.3, 0.4) is 0 Å². The van der Waals surface area contributed by atoms with Crippen LogP contribution in [0.2, 0.25) is 0 Å². The van der Waals surface area contributed by atoms with Crippen LogP contribution in [0.15, 0.2) is 47.8 Å². The van der Waals surface area contributed by atoms with Gasteiger partial charge in [0.1, 0.15) is 0 Å². The molecule has 0 saturated carbocycles. The van der Waals surface area contributed by atoms with Gasteiger partial charge in [-0.15, -0.1) is 11.3 Å². The Kier molecular flexibility index (Phi) is 7.63. The number of rotatable bonds is 9. The van der Waals surface area contributed by atoms with E-state index in [4.69, 9.17) is 0 Å². The SMILES string of the molecule is CN(C)CCN(Cc1ccccc1)C(=O)CCNC(=O)c1cccs1. The minimum Gasteiger partial charge on any atom is -0.351 e. The molecule has 0 aliphatic heterocycles. The monoisotopic (exact) mass is 359 g/mol. The Morgan fingerprint density at radius 2 is 1.80 bits per heavy atom. The molecular weight excluding hydrogens is 334 g/mol. The van der Waals surface area contributed by atoms with E-state index in [-0.39, 0.29) is 11.8 Å². The van der Waals surface area contributed by atoms with Gasteiger partial charge in [0.15, 0.2) is 0 Å². The van der Waals surface area contributed by atoms with Crippen molar-refractivity contribution < 1.29 is 9.59 Å². The van der Waals surface area contributed by atoms with E-state index in [1.807, 2.05) is 60.8 Å². The zero-order valence-electron chi connectivity index (χ0n) is 14.8. The van der Waals surface area contributed by atoms with Crippen LogP contribution in [0.1, 0.15) is 21.7 Å². The molecule has 2 rings (SSSR count). The van der Waals surface area contributed by atoms with Crippen molar-refractivity contribution in [2.75, 3.05) is 33.7 Å². The number of amides is 2. The molecule has 6 heteroatoms. The van der Waals surface area contributed by atoms with Crippen LogP contribution in [0, 0.1) is 0 Å². The minimum atomic E-state index is -0.120. The molecule has 0 radical (unpaired) electrons. The first-order valence-corrected chi connectivity index (χ1v) is 9.22. The van der Waals surface area contributed by atoms with Gasteiger partial charge in [-0.05, 0) is 31.1 Å². The van der Waals surface area contributed by atoms with E-state index >= 15 is 0 Å².